The summed E-state index contributed by atoms with van der Waals surface area (Å²) >= 11 is 1.27. The molecule has 1 saturated heterocycles. The summed E-state index contributed by atoms with van der Waals surface area (Å²) in [7, 11) is -3.51. The van der Waals surface area contributed by atoms with Crippen LogP contribution in [0.25, 0.3) is 10.2 Å². The Labute approximate surface area is 168 Å². The van der Waals surface area contributed by atoms with Gasteiger partial charge in [0.05, 0.1) is 15.1 Å². The number of piperidine rings is 1. The first-order valence-electron chi connectivity index (χ1n) is 9.20. The minimum atomic E-state index is -3.51. The van der Waals surface area contributed by atoms with E-state index >= 15 is 0 Å². The Morgan fingerprint density at radius 3 is 2.57 bits per heavy atom. The van der Waals surface area contributed by atoms with Crippen LogP contribution in [0.5, 0.6) is 0 Å². The number of nitrogens with one attached hydrogen (secondary N) is 1. The second kappa shape index (κ2) is 7.62. The summed E-state index contributed by atoms with van der Waals surface area (Å²) in [5.74, 6) is 0.321. The lowest BCUT2D eigenvalue weighted by molar-refractivity contribution is 0.102. The Balaban J connectivity index is 1.57. The van der Waals surface area contributed by atoms with Gasteiger partial charge >= 0.3 is 0 Å². The minimum Gasteiger partial charge on any atom is -0.298 e. The van der Waals surface area contributed by atoms with E-state index in [1.807, 2.05) is 6.07 Å². The predicted octanol–water partition coefficient (Wildman–Crippen LogP) is 3.97. The number of carbonyl (C=O) groups excluding carboxylic acids is 1. The van der Waals surface area contributed by atoms with Gasteiger partial charge in [0.25, 0.3) is 5.91 Å². The summed E-state index contributed by atoms with van der Waals surface area (Å²) in [4.78, 5) is 17.0. The number of rotatable bonds is 4. The standard InChI is InChI=1S/C20H21N3O3S2/c1-14-9-11-23(12-10-14)28(25,26)16-7-8-17-18(13-16)27-20(21-17)22-19(24)15-5-3-2-4-6-15/h2-8,13-14H,9-12H2,1H3,(H,21,22,24). The van der Waals surface area contributed by atoms with Crippen LogP contribution in [-0.2, 0) is 10.0 Å². The molecular formula is C20H21N3O3S2. The first-order chi connectivity index (χ1) is 13.4. The van der Waals surface area contributed by atoms with Crippen molar-refractivity contribution in [3.8, 4) is 0 Å². The lowest BCUT2D eigenvalue weighted by Gasteiger charge is -2.29. The van der Waals surface area contributed by atoms with Gasteiger partial charge in [0.1, 0.15) is 0 Å². The summed E-state index contributed by atoms with van der Waals surface area (Å²) in [5, 5.41) is 3.23. The summed E-state index contributed by atoms with van der Waals surface area (Å²) in [5.41, 5.74) is 1.21. The number of sulfonamides is 1. The summed E-state index contributed by atoms with van der Waals surface area (Å²) in [6.45, 7) is 3.27. The van der Waals surface area contributed by atoms with E-state index in [0.717, 1.165) is 17.5 Å². The maximum atomic E-state index is 12.9. The number of benzene rings is 2. The zero-order valence-electron chi connectivity index (χ0n) is 15.5. The largest absolute Gasteiger partial charge is 0.298 e. The van der Waals surface area contributed by atoms with Gasteiger partial charge in [-0.2, -0.15) is 4.31 Å². The third-order valence-electron chi connectivity index (χ3n) is 5.00. The topological polar surface area (TPSA) is 79.4 Å². The molecule has 2 heterocycles. The normalized spacial score (nSPS) is 16.3. The number of hydrogen-bond acceptors (Lipinski definition) is 5. The highest BCUT2D eigenvalue weighted by molar-refractivity contribution is 7.89. The second-order valence-corrected chi connectivity index (χ2v) is 10.0. The Morgan fingerprint density at radius 1 is 1.14 bits per heavy atom. The van der Waals surface area contributed by atoms with Gasteiger partial charge in [-0.3, -0.25) is 10.1 Å². The van der Waals surface area contributed by atoms with E-state index in [9.17, 15) is 13.2 Å². The minimum absolute atomic E-state index is 0.241. The third kappa shape index (κ3) is 3.80. The van der Waals surface area contributed by atoms with Crippen LogP contribution in [0, 0.1) is 5.92 Å². The fourth-order valence-corrected chi connectivity index (χ4v) is 5.72. The summed E-state index contributed by atoms with van der Waals surface area (Å²) < 4.78 is 28.2. The molecule has 4 rings (SSSR count). The van der Waals surface area contributed by atoms with Gasteiger partial charge in [0, 0.05) is 18.7 Å². The second-order valence-electron chi connectivity index (χ2n) is 7.06. The predicted molar refractivity (Wildman–Crippen MR) is 111 cm³/mol. The molecular weight excluding hydrogens is 394 g/mol. The van der Waals surface area contributed by atoms with E-state index in [2.05, 4.69) is 17.2 Å². The van der Waals surface area contributed by atoms with E-state index in [1.165, 1.54) is 11.3 Å². The zero-order valence-corrected chi connectivity index (χ0v) is 17.1. The fraction of sp³-hybridized carbons (Fsp3) is 0.300. The molecule has 0 bridgehead atoms. The molecule has 1 aliphatic heterocycles. The molecule has 0 radical (unpaired) electrons. The van der Waals surface area contributed by atoms with Crippen LogP contribution in [-0.4, -0.2) is 36.7 Å². The van der Waals surface area contributed by atoms with E-state index in [4.69, 9.17) is 0 Å². The number of carbonyl (C=O) groups is 1. The van der Waals surface area contributed by atoms with Gasteiger partial charge in [-0.15, -0.1) is 0 Å². The molecule has 1 N–H and O–H groups in total. The van der Waals surface area contributed by atoms with Crippen LogP contribution in [0.3, 0.4) is 0 Å². The van der Waals surface area contributed by atoms with Crippen molar-refractivity contribution in [2.24, 2.45) is 5.92 Å². The van der Waals surface area contributed by atoms with Crippen molar-refractivity contribution in [3.05, 3.63) is 54.1 Å². The van der Waals surface area contributed by atoms with E-state index in [-0.39, 0.29) is 10.8 Å². The highest BCUT2D eigenvalue weighted by Gasteiger charge is 2.28. The van der Waals surface area contributed by atoms with Crippen LogP contribution in [0.1, 0.15) is 30.1 Å². The molecule has 1 aliphatic rings. The first kappa shape index (κ1) is 19.0. The van der Waals surface area contributed by atoms with Crippen molar-refractivity contribution >= 4 is 42.6 Å². The van der Waals surface area contributed by atoms with E-state index in [1.54, 1.807) is 46.8 Å². The fourth-order valence-electron chi connectivity index (χ4n) is 3.25. The highest BCUT2D eigenvalue weighted by atomic mass is 32.2. The number of thiazole rings is 1. The lowest BCUT2D eigenvalue weighted by atomic mass is 10.0. The van der Waals surface area contributed by atoms with Gasteiger partial charge in [-0.05, 0) is 49.1 Å². The van der Waals surface area contributed by atoms with Gasteiger partial charge in [0.2, 0.25) is 10.0 Å². The number of fused-ring (bicyclic) bond motifs is 1. The van der Waals surface area contributed by atoms with Crippen molar-refractivity contribution in [1.29, 1.82) is 0 Å². The van der Waals surface area contributed by atoms with Crippen molar-refractivity contribution in [2.75, 3.05) is 18.4 Å². The molecule has 28 heavy (non-hydrogen) atoms. The summed E-state index contributed by atoms with van der Waals surface area (Å²) in [6, 6.07) is 13.8. The molecule has 146 valence electrons. The van der Waals surface area contributed by atoms with Crippen molar-refractivity contribution in [1.82, 2.24) is 9.29 Å². The molecule has 0 saturated carbocycles. The lowest BCUT2D eigenvalue weighted by Crippen LogP contribution is -2.37. The maximum Gasteiger partial charge on any atom is 0.257 e. The van der Waals surface area contributed by atoms with Gasteiger partial charge in [-0.25, -0.2) is 13.4 Å². The van der Waals surface area contributed by atoms with Crippen molar-refractivity contribution in [3.63, 3.8) is 0 Å². The van der Waals surface area contributed by atoms with E-state index < -0.39 is 10.0 Å². The number of anilines is 1. The molecule has 3 aromatic rings. The van der Waals surface area contributed by atoms with Crippen LogP contribution in [0.15, 0.2) is 53.4 Å². The number of aromatic nitrogens is 1. The third-order valence-corrected chi connectivity index (χ3v) is 7.82. The molecule has 1 amide bonds. The van der Waals surface area contributed by atoms with Crippen LogP contribution in [0.2, 0.25) is 0 Å². The van der Waals surface area contributed by atoms with Gasteiger partial charge in [0.15, 0.2) is 5.13 Å². The summed E-state index contributed by atoms with van der Waals surface area (Å²) in [6.07, 6.45) is 1.77. The van der Waals surface area contributed by atoms with Crippen LogP contribution >= 0.6 is 11.3 Å². The highest BCUT2D eigenvalue weighted by Crippen LogP contribution is 2.30. The Kier molecular flexibility index (Phi) is 5.18. The Hall–Kier alpha value is -2.29. The van der Waals surface area contributed by atoms with E-state index in [0.29, 0.717) is 35.2 Å². The molecule has 2 aromatic carbocycles. The van der Waals surface area contributed by atoms with Crippen LogP contribution in [0.4, 0.5) is 5.13 Å². The number of amides is 1. The Morgan fingerprint density at radius 2 is 1.86 bits per heavy atom. The maximum absolute atomic E-state index is 12.9. The van der Waals surface area contributed by atoms with Gasteiger partial charge < -0.3 is 0 Å². The molecule has 0 atom stereocenters. The smallest absolute Gasteiger partial charge is 0.257 e. The molecule has 1 fully saturated rings. The Bertz CT molecular complexity index is 1100. The molecule has 1 aromatic heterocycles. The number of nitrogens with zero attached hydrogens (tertiary/aromatic N) is 2. The monoisotopic (exact) mass is 415 g/mol. The van der Waals surface area contributed by atoms with Crippen molar-refractivity contribution < 1.29 is 13.2 Å². The molecule has 8 heteroatoms. The van der Waals surface area contributed by atoms with Gasteiger partial charge in [-0.1, -0.05) is 36.5 Å². The van der Waals surface area contributed by atoms with Crippen molar-refractivity contribution in [2.45, 2.75) is 24.7 Å². The molecule has 0 unspecified atom stereocenters. The first-order valence-corrected chi connectivity index (χ1v) is 11.5. The van der Waals surface area contributed by atoms with Crippen LogP contribution < -0.4 is 5.32 Å². The average molecular weight is 416 g/mol. The SMILES string of the molecule is CC1CCN(S(=O)(=O)c2ccc3nc(NC(=O)c4ccccc4)sc3c2)CC1. The number of hydrogen-bond donors (Lipinski definition) is 1. The molecule has 6 nitrogen and oxygen atoms in total. The quantitative estimate of drug-likeness (QED) is 0.699. The molecule has 0 spiro atoms. The zero-order chi connectivity index (χ0) is 19.7. The average Bonchev–Trinajstić information content (AvgIpc) is 3.10. The molecule has 0 aliphatic carbocycles.